The van der Waals surface area contributed by atoms with E-state index in [0.29, 0.717) is 26.2 Å². The molecular formula is C13H18O4. The van der Waals surface area contributed by atoms with Crippen LogP contribution in [0.25, 0.3) is 0 Å². The minimum atomic E-state index is -0.383. The number of aliphatic hydroxyl groups excluding tert-OH is 1. The molecule has 2 atom stereocenters. The predicted octanol–water partition coefficient (Wildman–Crippen LogP) is 1.36. The molecular weight excluding hydrogens is 220 g/mol. The molecule has 1 N–H and O–H groups in total. The lowest BCUT2D eigenvalue weighted by atomic mass is 10.2. The molecule has 94 valence electrons. The lowest BCUT2D eigenvalue weighted by molar-refractivity contribution is 0.0605. The Morgan fingerprint density at radius 1 is 1.41 bits per heavy atom. The molecule has 1 heterocycles. The molecule has 1 aliphatic rings. The molecule has 0 amide bonds. The highest BCUT2D eigenvalue weighted by Gasteiger charge is 2.30. The first-order valence-electron chi connectivity index (χ1n) is 5.80. The zero-order valence-corrected chi connectivity index (χ0v) is 9.96. The van der Waals surface area contributed by atoms with E-state index in [2.05, 4.69) is 0 Å². The van der Waals surface area contributed by atoms with Crippen molar-refractivity contribution in [3.8, 4) is 5.75 Å². The van der Waals surface area contributed by atoms with Crippen LogP contribution in [0.2, 0.25) is 0 Å². The Morgan fingerprint density at radius 3 is 2.71 bits per heavy atom. The van der Waals surface area contributed by atoms with Crippen LogP contribution in [-0.4, -0.2) is 37.6 Å². The van der Waals surface area contributed by atoms with Gasteiger partial charge in [0.25, 0.3) is 0 Å². The largest absolute Gasteiger partial charge is 0.497 e. The van der Waals surface area contributed by atoms with Gasteiger partial charge in [-0.05, 0) is 24.1 Å². The van der Waals surface area contributed by atoms with Crippen molar-refractivity contribution in [3.63, 3.8) is 0 Å². The Balaban J connectivity index is 1.63. The maximum Gasteiger partial charge on any atom is 0.118 e. The summed E-state index contributed by atoms with van der Waals surface area (Å²) in [4.78, 5) is 0. The van der Waals surface area contributed by atoms with Crippen LogP contribution < -0.4 is 4.74 Å². The Hall–Kier alpha value is -1.10. The summed E-state index contributed by atoms with van der Waals surface area (Å²) in [5.74, 6) is 0.843. The van der Waals surface area contributed by atoms with Gasteiger partial charge in [-0.3, -0.25) is 0 Å². The Kier molecular flexibility index (Phi) is 4.36. The van der Waals surface area contributed by atoms with Crippen LogP contribution in [-0.2, 0) is 16.1 Å². The van der Waals surface area contributed by atoms with Crippen LogP contribution in [0.5, 0.6) is 5.75 Å². The maximum absolute atomic E-state index is 9.53. The fourth-order valence-corrected chi connectivity index (χ4v) is 1.58. The van der Waals surface area contributed by atoms with Gasteiger partial charge in [0, 0.05) is 6.61 Å². The Labute approximate surface area is 101 Å². The van der Waals surface area contributed by atoms with Crippen LogP contribution in [0.3, 0.4) is 0 Å². The van der Waals surface area contributed by atoms with E-state index in [1.54, 1.807) is 7.11 Å². The summed E-state index contributed by atoms with van der Waals surface area (Å²) in [6.45, 7) is 1.79. The van der Waals surface area contributed by atoms with Crippen molar-refractivity contribution in [2.24, 2.45) is 0 Å². The highest BCUT2D eigenvalue weighted by molar-refractivity contribution is 5.26. The van der Waals surface area contributed by atoms with Crippen molar-refractivity contribution < 1.29 is 19.3 Å². The Morgan fingerprint density at radius 2 is 2.12 bits per heavy atom. The van der Waals surface area contributed by atoms with Crippen molar-refractivity contribution >= 4 is 0 Å². The molecule has 1 aliphatic heterocycles. The number of hydrogen-bond donors (Lipinski definition) is 1. The number of epoxide rings is 1. The highest BCUT2D eigenvalue weighted by Crippen LogP contribution is 2.16. The van der Waals surface area contributed by atoms with Crippen LogP contribution in [0.1, 0.15) is 12.0 Å². The summed E-state index contributed by atoms with van der Waals surface area (Å²) in [6, 6.07) is 7.76. The molecule has 0 saturated carbocycles. The fraction of sp³-hybridized carbons (Fsp3) is 0.538. The molecule has 2 rings (SSSR count). The number of hydrogen-bond acceptors (Lipinski definition) is 4. The summed E-state index contributed by atoms with van der Waals surface area (Å²) < 4.78 is 15.5. The third-order valence-corrected chi connectivity index (χ3v) is 2.77. The average molecular weight is 238 g/mol. The normalized spacial score (nSPS) is 20.0. The second kappa shape index (κ2) is 6.00. The van der Waals surface area contributed by atoms with Crippen molar-refractivity contribution in [2.45, 2.75) is 25.2 Å². The first-order valence-corrected chi connectivity index (χ1v) is 5.80. The van der Waals surface area contributed by atoms with Gasteiger partial charge in [0.05, 0.1) is 26.4 Å². The van der Waals surface area contributed by atoms with E-state index in [1.165, 1.54) is 0 Å². The zero-order valence-electron chi connectivity index (χ0n) is 9.96. The van der Waals surface area contributed by atoms with E-state index < -0.39 is 0 Å². The molecule has 0 unspecified atom stereocenters. The van der Waals surface area contributed by atoms with Crippen molar-refractivity contribution in [1.82, 2.24) is 0 Å². The summed E-state index contributed by atoms with van der Waals surface area (Å²) in [7, 11) is 1.65. The van der Waals surface area contributed by atoms with Gasteiger partial charge in [0.2, 0.25) is 0 Å². The van der Waals surface area contributed by atoms with E-state index in [4.69, 9.17) is 14.2 Å². The number of aliphatic hydroxyl groups is 1. The predicted molar refractivity (Wildman–Crippen MR) is 63.0 cm³/mol. The fourth-order valence-electron chi connectivity index (χ4n) is 1.58. The lowest BCUT2D eigenvalue weighted by Gasteiger charge is -2.08. The topological polar surface area (TPSA) is 51.2 Å². The Bertz CT molecular complexity index is 332. The minimum Gasteiger partial charge on any atom is -0.497 e. The van der Waals surface area contributed by atoms with Crippen LogP contribution in [0.15, 0.2) is 24.3 Å². The van der Waals surface area contributed by atoms with E-state index in [0.717, 1.165) is 11.3 Å². The van der Waals surface area contributed by atoms with E-state index in [9.17, 15) is 5.11 Å². The second-order valence-corrected chi connectivity index (χ2v) is 4.13. The number of ether oxygens (including phenoxy) is 3. The number of methoxy groups -OCH3 is 1. The third kappa shape index (κ3) is 4.00. The quantitative estimate of drug-likeness (QED) is 0.575. The molecule has 4 nitrogen and oxygen atoms in total. The molecule has 0 bridgehead atoms. The molecule has 1 saturated heterocycles. The molecule has 1 aromatic rings. The SMILES string of the molecule is COc1ccc(COCC[C@H](O)[C@@H]2CO2)cc1. The van der Waals surface area contributed by atoms with Crippen molar-refractivity contribution in [1.29, 1.82) is 0 Å². The summed E-state index contributed by atoms with van der Waals surface area (Å²) >= 11 is 0. The molecule has 0 spiro atoms. The first-order chi connectivity index (χ1) is 8.29. The molecule has 1 fully saturated rings. The number of rotatable bonds is 7. The van der Waals surface area contributed by atoms with Gasteiger partial charge < -0.3 is 19.3 Å². The van der Waals surface area contributed by atoms with Gasteiger partial charge in [-0.25, -0.2) is 0 Å². The average Bonchev–Trinajstić information content (AvgIpc) is 3.19. The monoisotopic (exact) mass is 238 g/mol. The van der Waals surface area contributed by atoms with E-state index in [1.807, 2.05) is 24.3 Å². The zero-order chi connectivity index (χ0) is 12.1. The van der Waals surface area contributed by atoms with Gasteiger partial charge in [-0.2, -0.15) is 0 Å². The second-order valence-electron chi connectivity index (χ2n) is 4.13. The van der Waals surface area contributed by atoms with Crippen LogP contribution in [0, 0.1) is 0 Å². The molecule has 0 aromatic heterocycles. The van der Waals surface area contributed by atoms with Crippen LogP contribution >= 0.6 is 0 Å². The molecule has 0 aliphatic carbocycles. The minimum absolute atomic E-state index is 0.0413. The summed E-state index contributed by atoms with van der Waals surface area (Å²) in [5, 5.41) is 9.53. The van der Waals surface area contributed by atoms with E-state index in [-0.39, 0.29) is 12.2 Å². The van der Waals surface area contributed by atoms with E-state index >= 15 is 0 Å². The van der Waals surface area contributed by atoms with Crippen LogP contribution in [0.4, 0.5) is 0 Å². The molecule has 4 heteroatoms. The van der Waals surface area contributed by atoms with Gasteiger partial charge in [-0.15, -0.1) is 0 Å². The summed E-state index contributed by atoms with van der Waals surface area (Å²) in [6.07, 6.45) is 0.284. The van der Waals surface area contributed by atoms with Gasteiger partial charge >= 0.3 is 0 Å². The summed E-state index contributed by atoms with van der Waals surface area (Å²) in [5.41, 5.74) is 1.10. The molecule has 1 aromatic carbocycles. The smallest absolute Gasteiger partial charge is 0.118 e. The molecule has 0 radical (unpaired) electrons. The molecule has 17 heavy (non-hydrogen) atoms. The first kappa shape index (κ1) is 12.4. The number of benzene rings is 1. The van der Waals surface area contributed by atoms with Crippen molar-refractivity contribution in [2.75, 3.05) is 20.3 Å². The van der Waals surface area contributed by atoms with Crippen molar-refractivity contribution in [3.05, 3.63) is 29.8 Å². The standard InChI is InChI=1S/C13H18O4/c1-15-11-4-2-10(3-5-11)8-16-7-6-12(14)13-9-17-13/h2-5,12-14H,6-9H2,1H3/t12-,13-/m0/s1. The van der Waals surface area contributed by atoms with Gasteiger partial charge in [0.1, 0.15) is 11.9 Å². The van der Waals surface area contributed by atoms with Gasteiger partial charge in [-0.1, -0.05) is 12.1 Å². The third-order valence-electron chi connectivity index (χ3n) is 2.77. The highest BCUT2D eigenvalue weighted by atomic mass is 16.6. The van der Waals surface area contributed by atoms with Gasteiger partial charge in [0.15, 0.2) is 0 Å². The lowest BCUT2D eigenvalue weighted by Crippen LogP contribution is -2.17. The maximum atomic E-state index is 9.53.